The molecule has 0 bridgehead atoms. The first-order valence-corrected chi connectivity index (χ1v) is 5.34. The molecule has 0 aliphatic rings. The van der Waals surface area contributed by atoms with E-state index >= 15 is 0 Å². The van der Waals surface area contributed by atoms with Crippen LogP contribution in [0.4, 0.5) is 4.39 Å². The molecule has 0 aliphatic carbocycles. The number of methoxy groups -OCH3 is 1. The van der Waals surface area contributed by atoms with E-state index < -0.39 is 5.82 Å². The summed E-state index contributed by atoms with van der Waals surface area (Å²) in [5, 5.41) is 2.93. The van der Waals surface area contributed by atoms with Crippen molar-refractivity contribution in [2.24, 2.45) is 0 Å². The summed E-state index contributed by atoms with van der Waals surface area (Å²) in [6.07, 6.45) is 0. The van der Waals surface area contributed by atoms with E-state index in [1.165, 1.54) is 24.1 Å². The van der Waals surface area contributed by atoms with Crippen molar-refractivity contribution < 1.29 is 13.9 Å². The first-order chi connectivity index (χ1) is 8.11. The molecule has 0 saturated heterocycles. The quantitative estimate of drug-likeness (QED) is 0.887. The van der Waals surface area contributed by atoms with Gasteiger partial charge in [-0.05, 0) is 19.2 Å². The Hall–Kier alpha value is -1.33. The number of carbonyl (C=O) groups excluding carboxylic acids is 1. The molecule has 0 saturated carbocycles. The molecule has 18 heavy (non-hydrogen) atoms. The van der Waals surface area contributed by atoms with E-state index in [-0.39, 0.29) is 29.6 Å². The molecule has 0 radical (unpaired) electrons. The Morgan fingerprint density at radius 1 is 1.50 bits per heavy atom. The number of benzene rings is 1. The summed E-state index contributed by atoms with van der Waals surface area (Å²) in [6.45, 7) is 1.16. The summed E-state index contributed by atoms with van der Waals surface area (Å²) in [6, 6.07) is 4.34. The molecule has 1 amide bonds. The van der Waals surface area contributed by atoms with Crippen molar-refractivity contribution in [1.29, 1.82) is 0 Å². The van der Waals surface area contributed by atoms with Crippen LogP contribution in [0.25, 0.3) is 0 Å². The molecule has 102 valence electrons. The molecule has 0 fully saturated rings. The highest BCUT2D eigenvalue weighted by molar-refractivity contribution is 5.97. The van der Waals surface area contributed by atoms with Crippen molar-refractivity contribution in [2.45, 2.75) is 0 Å². The lowest BCUT2D eigenvalue weighted by Gasteiger charge is -2.18. The van der Waals surface area contributed by atoms with Crippen LogP contribution in [0.15, 0.2) is 18.2 Å². The Balaban J connectivity index is 0.00000289. The third kappa shape index (κ3) is 3.85. The van der Waals surface area contributed by atoms with Gasteiger partial charge in [-0.15, -0.1) is 12.4 Å². The summed E-state index contributed by atoms with van der Waals surface area (Å²) in [7, 11) is 4.84. The van der Waals surface area contributed by atoms with Gasteiger partial charge in [-0.25, -0.2) is 4.39 Å². The van der Waals surface area contributed by atoms with Crippen LogP contribution in [0.3, 0.4) is 0 Å². The van der Waals surface area contributed by atoms with Crippen molar-refractivity contribution in [1.82, 2.24) is 10.2 Å². The van der Waals surface area contributed by atoms with E-state index in [4.69, 9.17) is 4.74 Å². The Labute approximate surface area is 113 Å². The van der Waals surface area contributed by atoms with E-state index in [0.29, 0.717) is 13.1 Å². The third-order valence-corrected chi connectivity index (χ3v) is 2.45. The number of likely N-dealkylation sites (N-methyl/N-ethyl adjacent to an activating group) is 2. The fourth-order valence-corrected chi connectivity index (χ4v) is 1.45. The second kappa shape index (κ2) is 7.89. The number of hydrogen-bond acceptors (Lipinski definition) is 3. The van der Waals surface area contributed by atoms with Crippen LogP contribution in [0, 0.1) is 5.82 Å². The summed E-state index contributed by atoms with van der Waals surface area (Å²) in [5.41, 5.74) is -0.0198. The van der Waals surface area contributed by atoms with Crippen LogP contribution in [0.1, 0.15) is 10.4 Å². The Kier molecular flexibility index (Phi) is 7.31. The average Bonchev–Trinajstić information content (AvgIpc) is 2.34. The van der Waals surface area contributed by atoms with Crippen LogP contribution in [0.2, 0.25) is 0 Å². The second-order valence-corrected chi connectivity index (χ2v) is 3.65. The molecule has 0 unspecified atom stereocenters. The molecule has 1 aromatic rings. The van der Waals surface area contributed by atoms with E-state index in [1.54, 1.807) is 20.2 Å². The minimum Gasteiger partial charge on any atom is -0.496 e. The van der Waals surface area contributed by atoms with Gasteiger partial charge in [0.1, 0.15) is 17.1 Å². The topological polar surface area (TPSA) is 41.6 Å². The smallest absolute Gasteiger partial charge is 0.260 e. The van der Waals surface area contributed by atoms with Gasteiger partial charge >= 0.3 is 0 Å². The molecule has 0 spiro atoms. The summed E-state index contributed by atoms with van der Waals surface area (Å²) >= 11 is 0. The second-order valence-electron chi connectivity index (χ2n) is 3.65. The first-order valence-electron chi connectivity index (χ1n) is 5.34. The zero-order valence-electron chi connectivity index (χ0n) is 10.7. The SMILES string of the molecule is CNCCN(C)C(=O)c1c(F)cccc1OC.Cl. The fourth-order valence-electron chi connectivity index (χ4n) is 1.45. The van der Waals surface area contributed by atoms with Gasteiger partial charge in [0.25, 0.3) is 5.91 Å². The molecule has 6 heteroatoms. The molecular formula is C12H18ClFN2O2. The molecular weight excluding hydrogens is 259 g/mol. The normalized spacial score (nSPS) is 9.56. The predicted octanol–water partition coefficient (Wildman–Crippen LogP) is 1.55. The van der Waals surface area contributed by atoms with Gasteiger partial charge in [0.05, 0.1) is 7.11 Å². The Morgan fingerprint density at radius 2 is 2.17 bits per heavy atom. The highest BCUT2D eigenvalue weighted by atomic mass is 35.5. The lowest BCUT2D eigenvalue weighted by molar-refractivity contribution is 0.0788. The number of ether oxygens (including phenoxy) is 1. The van der Waals surface area contributed by atoms with Crippen LogP contribution >= 0.6 is 12.4 Å². The summed E-state index contributed by atoms with van der Waals surface area (Å²) in [4.78, 5) is 13.5. The predicted molar refractivity (Wildman–Crippen MR) is 71.1 cm³/mol. The highest BCUT2D eigenvalue weighted by Gasteiger charge is 2.20. The Morgan fingerprint density at radius 3 is 2.72 bits per heavy atom. The number of hydrogen-bond donors (Lipinski definition) is 1. The van der Waals surface area contributed by atoms with E-state index in [9.17, 15) is 9.18 Å². The maximum absolute atomic E-state index is 13.6. The van der Waals surface area contributed by atoms with Gasteiger partial charge in [-0.1, -0.05) is 6.07 Å². The van der Waals surface area contributed by atoms with E-state index in [2.05, 4.69) is 5.32 Å². The zero-order chi connectivity index (χ0) is 12.8. The molecule has 0 atom stereocenters. The largest absolute Gasteiger partial charge is 0.496 e. The lowest BCUT2D eigenvalue weighted by atomic mass is 10.1. The fraction of sp³-hybridized carbons (Fsp3) is 0.417. The van der Waals surface area contributed by atoms with Crippen molar-refractivity contribution in [3.05, 3.63) is 29.6 Å². The van der Waals surface area contributed by atoms with Crippen LogP contribution < -0.4 is 10.1 Å². The van der Waals surface area contributed by atoms with Crippen molar-refractivity contribution in [3.8, 4) is 5.75 Å². The first kappa shape index (κ1) is 16.7. The Bertz CT molecular complexity index is 402. The molecule has 1 N–H and O–H groups in total. The number of carbonyl (C=O) groups is 1. The van der Waals surface area contributed by atoms with Crippen LogP contribution in [-0.4, -0.2) is 45.1 Å². The standard InChI is InChI=1S/C12H17FN2O2.ClH/c1-14-7-8-15(2)12(16)11-9(13)5-4-6-10(11)17-3;/h4-6,14H,7-8H2,1-3H3;1H. The van der Waals surface area contributed by atoms with Gasteiger partial charge in [0, 0.05) is 20.1 Å². The average molecular weight is 277 g/mol. The molecule has 4 nitrogen and oxygen atoms in total. The molecule has 1 aromatic carbocycles. The molecule has 0 aromatic heterocycles. The van der Waals surface area contributed by atoms with E-state index in [1.807, 2.05) is 0 Å². The van der Waals surface area contributed by atoms with Gasteiger partial charge in [-0.2, -0.15) is 0 Å². The number of rotatable bonds is 5. The lowest BCUT2D eigenvalue weighted by Crippen LogP contribution is -2.33. The summed E-state index contributed by atoms with van der Waals surface area (Å²) < 4.78 is 18.6. The highest BCUT2D eigenvalue weighted by Crippen LogP contribution is 2.22. The van der Waals surface area contributed by atoms with Crippen molar-refractivity contribution in [3.63, 3.8) is 0 Å². The van der Waals surface area contributed by atoms with Crippen molar-refractivity contribution >= 4 is 18.3 Å². The third-order valence-electron chi connectivity index (χ3n) is 2.45. The molecule has 0 aliphatic heterocycles. The van der Waals surface area contributed by atoms with Gasteiger partial charge < -0.3 is 15.0 Å². The molecule has 1 rings (SSSR count). The number of nitrogens with one attached hydrogen (secondary N) is 1. The van der Waals surface area contributed by atoms with Gasteiger partial charge in [-0.3, -0.25) is 4.79 Å². The summed E-state index contributed by atoms with van der Waals surface area (Å²) in [5.74, 6) is -0.688. The monoisotopic (exact) mass is 276 g/mol. The minimum atomic E-state index is -0.564. The van der Waals surface area contributed by atoms with Gasteiger partial charge in [0.2, 0.25) is 0 Å². The maximum atomic E-state index is 13.6. The van der Waals surface area contributed by atoms with Crippen molar-refractivity contribution in [2.75, 3.05) is 34.3 Å². The van der Waals surface area contributed by atoms with Gasteiger partial charge in [0.15, 0.2) is 0 Å². The maximum Gasteiger partial charge on any atom is 0.260 e. The molecule has 0 heterocycles. The number of nitrogens with zero attached hydrogens (tertiary/aromatic N) is 1. The van der Waals surface area contributed by atoms with Crippen LogP contribution in [-0.2, 0) is 0 Å². The zero-order valence-corrected chi connectivity index (χ0v) is 11.5. The number of halogens is 2. The minimum absolute atomic E-state index is 0. The van der Waals surface area contributed by atoms with E-state index in [0.717, 1.165) is 0 Å². The number of amides is 1. The van der Waals surface area contributed by atoms with Crippen LogP contribution in [0.5, 0.6) is 5.75 Å².